The summed E-state index contributed by atoms with van der Waals surface area (Å²) in [4.78, 5) is 37.1. The van der Waals surface area contributed by atoms with Crippen LogP contribution >= 0.6 is 0 Å². The van der Waals surface area contributed by atoms with Crippen LogP contribution in [0, 0.1) is 5.82 Å². The number of esters is 1. The number of carbonyl (C=O) groups excluding carboxylic acids is 3. The Bertz CT molecular complexity index is 1130. The van der Waals surface area contributed by atoms with Gasteiger partial charge in [-0.25, -0.2) is 9.18 Å². The second-order valence-corrected chi connectivity index (χ2v) is 7.90. The molecule has 7 heteroatoms. The summed E-state index contributed by atoms with van der Waals surface area (Å²) in [6, 6.07) is 21.5. The van der Waals surface area contributed by atoms with Crippen LogP contribution < -0.4 is 10.6 Å². The Morgan fingerprint density at radius 3 is 2.03 bits per heavy atom. The van der Waals surface area contributed by atoms with Crippen LogP contribution in [0.3, 0.4) is 0 Å². The van der Waals surface area contributed by atoms with Crippen molar-refractivity contribution in [1.82, 2.24) is 10.6 Å². The minimum Gasteiger partial charge on any atom is -0.467 e. The lowest BCUT2D eigenvalue weighted by Crippen LogP contribution is -2.53. The van der Waals surface area contributed by atoms with Crippen molar-refractivity contribution in [3.63, 3.8) is 0 Å². The molecule has 3 aromatic carbocycles. The van der Waals surface area contributed by atoms with Gasteiger partial charge in [0.05, 0.1) is 7.11 Å². The molecule has 0 aromatic heterocycles. The fourth-order valence-electron chi connectivity index (χ4n) is 3.65. The van der Waals surface area contributed by atoms with Gasteiger partial charge in [0.15, 0.2) is 0 Å². The molecule has 0 aliphatic heterocycles. The number of hydrogen-bond donors (Lipinski definition) is 2. The monoisotopic (exact) mass is 462 g/mol. The molecule has 6 nitrogen and oxygen atoms in total. The van der Waals surface area contributed by atoms with E-state index < -0.39 is 35.7 Å². The van der Waals surface area contributed by atoms with Gasteiger partial charge in [-0.3, -0.25) is 9.59 Å². The van der Waals surface area contributed by atoms with Crippen LogP contribution in [-0.2, 0) is 32.0 Å². The number of methoxy groups -OCH3 is 1. The summed E-state index contributed by atoms with van der Waals surface area (Å²) in [7, 11) is 1.24. The third-order valence-corrected chi connectivity index (χ3v) is 5.38. The minimum absolute atomic E-state index is 0.0578. The van der Waals surface area contributed by atoms with Crippen LogP contribution in [0.4, 0.5) is 4.39 Å². The van der Waals surface area contributed by atoms with Crippen molar-refractivity contribution in [3.8, 4) is 11.1 Å². The second kappa shape index (κ2) is 11.7. The molecule has 0 aliphatic rings. The Morgan fingerprint density at radius 2 is 1.41 bits per heavy atom. The summed E-state index contributed by atoms with van der Waals surface area (Å²) in [6.07, 6.45) is 0.137. The predicted molar refractivity (Wildman–Crippen MR) is 127 cm³/mol. The van der Waals surface area contributed by atoms with Crippen molar-refractivity contribution >= 4 is 17.8 Å². The quantitative estimate of drug-likeness (QED) is 0.477. The highest BCUT2D eigenvalue weighted by molar-refractivity contribution is 5.90. The van der Waals surface area contributed by atoms with E-state index in [-0.39, 0.29) is 18.4 Å². The summed E-state index contributed by atoms with van der Waals surface area (Å²) >= 11 is 0. The number of benzene rings is 3. The molecular formula is C27H27FN2O4. The third-order valence-electron chi connectivity index (χ3n) is 5.38. The highest BCUT2D eigenvalue weighted by Crippen LogP contribution is 2.20. The van der Waals surface area contributed by atoms with Gasteiger partial charge in [0.1, 0.15) is 17.9 Å². The van der Waals surface area contributed by atoms with E-state index in [0.717, 1.165) is 16.7 Å². The van der Waals surface area contributed by atoms with Crippen LogP contribution in [0.1, 0.15) is 18.1 Å². The molecule has 34 heavy (non-hydrogen) atoms. The smallest absolute Gasteiger partial charge is 0.328 e. The van der Waals surface area contributed by atoms with E-state index in [1.807, 2.05) is 54.6 Å². The molecule has 2 atom stereocenters. The Labute approximate surface area is 198 Å². The largest absolute Gasteiger partial charge is 0.467 e. The van der Waals surface area contributed by atoms with Gasteiger partial charge in [-0.1, -0.05) is 72.8 Å². The Balaban J connectivity index is 1.74. The van der Waals surface area contributed by atoms with Crippen molar-refractivity contribution in [1.29, 1.82) is 0 Å². The Morgan fingerprint density at radius 1 is 0.794 bits per heavy atom. The predicted octanol–water partition coefficient (Wildman–Crippen LogP) is 3.44. The van der Waals surface area contributed by atoms with Crippen LogP contribution in [-0.4, -0.2) is 37.0 Å². The molecule has 0 fully saturated rings. The van der Waals surface area contributed by atoms with Gasteiger partial charge in [-0.15, -0.1) is 0 Å². The molecule has 2 amide bonds. The van der Waals surface area contributed by atoms with Gasteiger partial charge >= 0.3 is 5.97 Å². The van der Waals surface area contributed by atoms with Crippen molar-refractivity contribution in [2.24, 2.45) is 0 Å². The number of amides is 2. The average Bonchev–Trinajstić information content (AvgIpc) is 2.84. The van der Waals surface area contributed by atoms with Crippen LogP contribution in [0.15, 0.2) is 78.9 Å². The third kappa shape index (κ3) is 6.75. The first-order chi connectivity index (χ1) is 16.4. The molecule has 3 aromatic rings. The Kier molecular flexibility index (Phi) is 8.51. The highest BCUT2D eigenvalue weighted by Gasteiger charge is 2.28. The van der Waals surface area contributed by atoms with Gasteiger partial charge < -0.3 is 15.4 Å². The highest BCUT2D eigenvalue weighted by atomic mass is 19.1. The fourth-order valence-corrected chi connectivity index (χ4v) is 3.65. The number of ether oxygens (including phenoxy) is 1. The minimum atomic E-state index is -1.05. The van der Waals surface area contributed by atoms with Gasteiger partial charge in [0.2, 0.25) is 11.8 Å². The van der Waals surface area contributed by atoms with Gasteiger partial charge in [-0.05, 0) is 28.3 Å². The summed E-state index contributed by atoms with van der Waals surface area (Å²) in [5.74, 6) is -2.14. The topological polar surface area (TPSA) is 84.5 Å². The molecule has 0 unspecified atom stereocenters. The SMILES string of the molecule is COC(=O)[C@H](Cc1ccc(-c2ccccc2)cc1)NC(=O)[C@H](Cc1ccccc1F)NC(C)=O. The number of rotatable bonds is 9. The lowest BCUT2D eigenvalue weighted by molar-refractivity contribution is -0.145. The standard InChI is InChI=1S/C27H27FN2O4/c1-18(31)29-24(17-22-10-6-7-11-23(22)28)26(32)30-25(27(33)34-2)16-19-12-14-21(15-13-19)20-8-4-3-5-9-20/h3-15,24-25H,16-17H2,1-2H3,(H,29,31)(H,30,32)/t24-,25-/m0/s1. The number of hydrogen-bond acceptors (Lipinski definition) is 4. The summed E-state index contributed by atoms with van der Waals surface area (Å²) < 4.78 is 19.0. The molecule has 0 saturated heterocycles. The molecule has 0 heterocycles. The molecular weight excluding hydrogens is 435 g/mol. The number of carbonyl (C=O) groups is 3. The van der Waals surface area contributed by atoms with Crippen molar-refractivity contribution < 1.29 is 23.5 Å². The van der Waals surface area contributed by atoms with E-state index in [0.29, 0.717) is 0 Å². The van der Waals surface area contributed by atoms with Gasteiger partial charge in [0, 0.05) is 19.8 Å². The maximum absolute atomic E-state index is 14.1. The van der Waals surface area contributed by atoms with Crippen molar-refractivity contribution in [2.45, 2.75) is 31.8 Å². The fraction of sp³-hybridized carbons (Fsp3) is 0.222. The molecule has 176 valence electrons. The van der Waals surface area contributed by atoms with Crippen molar-refractivity contribution in [3.05, 3.63) is 95.8 Å². The van der Waals surface area contributed by atoms with E-state index >= 15 is 0 Å². The first kappa shape index (κ1) is 24.6. The lowest BCUT2D eigenvalue weighted by atomic mass is 10.00. The Hall–Kier alpha value is -4.00. The maximum atomic E-state index is 14.1. The second-order valence-electron chi connectivity index (χ2n) is 7.90. The first-order valence-electron chi connectivity index (χ1n) is 10.9. The van der Waals surface area contributed by atoms with Gasteiger partial charge in [-0.2, -0.15) is 0 Å². The average molecular weight is 463 g/mol. The van der Waals surface area contributed by atoms with E-state index in [4.69, 9.17) is 4.74 Å². The van der Waals surface area contributed by atoms with Crippen LogP contribution in [0.2, 0.25) is 0 Å². The van der Waals surface area contributed by atoms with Crippen LogP contribution in [0.25, 0.3) is 11.1 Å². The molecule has 3 rings (SSSR count). The number of halogens is 1. The normalized spacial score (nSPS) is 12.3. The molecule has 0 saturated carbocycles. The number of nitrogens with one attached hydrogen (secondary N) is 2. The van der Waals surface area contributed by atoms with E-state index in [1.54, 1.807) is 18.2 Å². The molecule has 2 N–H and O–H groups in total. The molecule has 0 bridgehead atoms. The van der Waals surface area contributed by atoms with E-state index in [9.17, 15) is 18.8 Å². The zero-order chi connectivity index (χ0) is 24.5. The van der Waals surface area contributed by atoms with E-state index in [2.05, 4.69) is 10.6 Å². The lowest BCUT2D eigenvalue weighted by Gasteiger charge is -2.22. The van der Waals surface area contributed by atoms with E-state index in [1.165, 1.54) is 20.1 Å². The van der Waals surface area contributed by atoms with Gasteiger partial charge in [0.25, 0.3) is 0 Å². The zero-order valence-electron chi connectivity index (χ0n) is 19.1. The summed E-state index contributed by atoms with van der Waals surface area (Å²) in [5, 5.41) is 5.19. The molecule has 0 spiro atoms. The van der Waals surface area contributed by atoms with Crippen LogP contribution in [0.5, 0.6) is 0 Å². The first-order valence-corrected chi connectivity index (χ1v) is 10.9. The molecule has 0 radical (unpaired) electrons. The summed E-state index contributed by atoms with van der Waals surface area (Å²) in [5.41, 5.74) is 3.19. The molecule has 0 aliphatic carbocycles. The maximum Gasteiger partial charge on any atom is 0.328 e. The summed E-state index contributed by atoms with van der Waals surface area (Å²) in [6.45, 7) is 1.27. The van der Waals surface area contributed by atoms with Crippen molar-refractivity contribution in [2.75, 3.05) is 7.11 Å². The zero-order valence-corrected chi connectivity index (χ0v) is 19.1.